The van der Waals surface area contributed by atoms with Gasteiger partial charge in [0.1, 0.15) is 0 Å². The number of aryl methyl sites for hydroxylation is 2. The first-order valence-corrected chi connectivity index (χ1v) is 8.50. The number of benzene rings is 1. The number of aromatic nitrogens is 2. The molecule has 1 fully saturated rings. The zero-order chi connectivity index (χ0) is 15.7. The fourth-order valence-corrected chi connectivity index (χ4v) is 3.18. The molecule has 2 aromatic rings. The highest BCUT2D eigenvalue weighted by molar-refractivity contribution is 8.00. The van der Waals surface area contributed by atoms with Crippen LogP contribution < -0.4 is 5.32 Å². The topological polar surface area (TPSA) is 46.9 Å². The molecule has 1 atom stereocenters. The molecule has 1 heterocycles. The molecule has 1 N–H and O–H groups in total. The molecular formula is C17H21N3OS. The van der Waals surface area contributed by atoms with Gasteiger partial charge in [-0.3, -0.25) is 9.36 Å². The molecule has 1 aliphatic rings. The number of carbonyl (C=O) groups is 1. The minimum absolute atomic E-state index is 0.100. The Morgan fingerprint density at radius 1 is 1.41 bits per heavy atom. The lowest BCUT2D eigenvalue weighted by Crippen LogP contribution is -2.32. The summed E-state index contributed by atoms with van der Waals surface area (Å²) in [5, 5.41) is 3.76. The molecule has 1 saturated carbocycles. The summed E-state index contributed by atoms with van der Waals surface area (Å²) in [7, 11) is 0. The van der Waals surface area contributed by atoms with Crippen molar-refractivity contribution in [3.05, 3.63) is 41.7 Å². The highest BCUT2D eigenvalue weighted by atomic mass is 32.2. The summed E-state index contributed by atoms with van der Waals surface area (Å²) in [6.07, 6.45) is 5.96. The number of nitrogens with one attached hydrogen (secondary N) is 1. The number of hydrogen-bond acceptors (Lipinski definition) is 3. The fraction of sp³-hybridized carbons (Fsp3) is 0.412. The van der Waals surface area contributed by atoms with Crippen molar-refractivity contribution >= 4 is 17.7 Å². The Kier molecular flexibility index (Phi) is 4.25. The molecule has 0 spiro atoms. The second kappa shape index (κ2) is 6.16. The maximum atomic E-state index is 12.1. The molecule has 1 unspecified atom stereocenters. The zero-order valence-corrected chi connectivity index (χ0v) is 14.0. The third-order valence-electron chi connectivity index (χ3n) is 3.81. The van der Waals surface area contributed by atoms with Crippen LogP contribution in [0.1, 0.15) is 30.9 Å². The van der Waals surface area contributed by atoms with E-state index < -0.39 is 0 Å². The first kappa shape index (κ1) is 15.2. The van der Waals surface area contributed by atoms with E-state index in [9.17, 15) is 4.79 Å². The van der Waals surface area contributed by atoms with Gasteiger partial charge in [-0.25, -0.2) is 4.98 Å². The molecule has 0 radical (unpaired) electrons. The minimum atomic E-state index is -0.146. The standard InChI is InChI=1S/C17H21N3OS/c1-11-4-5-12(2)15(10-11)20-9-8-18-17(20)22-13(3)16(21)19-14-6-7-14/h4-5,8-10,13-14H,6-7H2,1-3H3,(H,19,21). The van der Waals surface area contributed by atoms with E-state index in [1.165, 1.54) is 22.9 Å². The summed E-state index contributed by atoms with van der Waals surface area (Å²) in [5.41, 5.74) is 3.53. The first-order chi connectivity index (χ1) is 10.5. The van der Waals surface area contributed by atoms with Gasteiger partial charge in [-0.15, -0.1) is 0 Å². The van der Waals surface area contributed by atoms with Gasteiger partial charge in [0.25, 0.3) is 0 Å². The number of rotatable bonds is 5. The van der Waals surface area contributed by atoms with Crippen LogP contribution in [0.25, 0.3) is 5.69 Å². The lowest BCUT2D eigenvalue weighted by Gasteiger charge is -2.14. The van der Waals surface area contributed by atoms with Gasteiger partial charge in [-0.1, -0.05) is 23.9 Å². The van der Waals surface area contributed by atoms with E-state index in [2.05, 4.69) is 46.9 Å². The molecule has 1 amide bonds. The average molecular weight is 315 g/mol. The third kappa shape index (κ3) is 3.35. The van der Waals surface area contributed by atoms with Crippen molar-refractivity contribution in [1.29, 1.82) is 0 Å². The highest BCUT2D eigenvalue weighted by Crippen LogP contribution is 2.27. The SMILES string of the molecule is Cc1ccc(C)c(-n2ccnc2SC(C)C(=O)NC2CC2)c1. The second-order valence-electron chi connectivity index (χ2n) is 5.91. The number of imidazole rings is 1. The van der Waals surface area contributed by atoms with Crippen molar-refractivity contribution in [1.82, 2.24) is 14.9 Å². The van der Waals surface area contributed by atoms with E-state index in [0.717, 1.165) is 23.7 Å². The van der Waals surface area contributed by atoms with Crippen molar-refractivity contribution < 1.29 is 4.79 Å². The van der Waals surface area contributed by atoms with Gasteiger partial charge in [0, 0.05) is 18.4 Å². The van der Waals surface area contributed by atoms with Crippen molar-refractivity contribution in [3.63, 3.8) is 0 Å². The third-order valence-corrected chi connectivity index (χ3v) is 4.89. The number of thioether (sulfide) groups is 1. The second-order valence-corrected chi connectivity index (χ2v) is 7.22. The molecule has 0 aliphatic heterocycles. The summed E-state index contributed by atoms with van der Waals surface area (Å²) >= 11 is 1.50. The molecular weight excluding hydrogens is 294 g/mol. The van der Waals surface area contributed by atoms with Gasteiger partial charge >= 0.3 is 0 Å². The van der Waals surface area contributed by atoms with Gasteiger partial charge in [0.05, 0.1) is 10.9 Å². The zero-order valence-electron chi connectivity index (χ0n) is 13.2. The summed E-state index contributed by atoms with van der Waals surface area (Å²) in [5.74, 6) is 0.100. The van der Waals surface area contributed by atoms with Crippen LogP contribution in [0.2, 0.25) is 0 Å². The van der Waals surface area contributed by atoms with Gasteiger partial charge in [-0.05, 0) is 50.8 Å². The van der Waals surface area contributed by atoms with E-state index >= 15 is 0 Å². The molecule has 1 aromatic heterocycles. The van der Waals surface area contributed by atoms with Gasteiger partial charge < -0.3 is 5.32 Å². The number of hydrogen-bond donors (Lipinski definition) is 1. The number of nitrogens with zero attached hydrogens (tertiary/aromatic N) is 2. The molecule has 116 valence electrons. The Morgan fingerprint density at radius 3 is 2.91 bits per heavy atom. The Balaban J connectivity index is 1.79. The first-order valence-electron chi connectivity index (χ1n) is 7.62. The van der Waals surface area contributed by atoms with Crippen LogP contribution >= 0.6 is 11.8 Å². The van der Waals surface area contributed by atoms with Crippen LogP contribution in [0.5, 0.6) is 0 Å². The molecule has 4 nitrogen and oxygen atoms in total. The molecule has 5 heteroatoms. The van der Waals surface area contributed by atoms with E-state index in [1.807, 2.05) is 13.1 Å². The quantitative estimate of drug-likeness (QED) is 0.862. The van der Waals surface area contributed by atoms with E-state index in [1.54, 1.807) is 6.20 Å². The van der Waals surface area contributed by atoms with Crippen LogP contribution in [-0.4, -0.2) is 26.8 Å². The monoisotopic (exact) mass is 315 g/mol. The number of carbonyl (C=O) groups excluding carboxylic acids is 1. The largest absolute Gasteiger partial charge is 0.352 e. The summed E-state index contributed by atoms with van der Waals surface area (Å²) in [6, 6.07) is 6.77. The molecule has 1 aliphatic carbocycles. The van der Waals surface area contributed by atoms with Crippen molar-refractivity contribution in [2.24, 2.45) is 0 Å². The van der Waals surface area contributed by atoms with Crippen molar-refractivity contribution in [3.8, 4) is 5.69 Å². The van der Waals surface area contributed by atoms with Crippen LogP contribution in [0, 0.1) is 13.8 Å². The lowest BCUT2D eigenvalue weighted by molar-refractivity contribution is -0.120. The van der Waals surface area contributed by atoms with Crippen molar-refractivity contribution in [2.75, 3.05) is 0 Å². The van der Waals surface area contributed by atoms with Gasteiger partial charge in [0.2, 0.25) is 5.91 Å². The Morgan fingerprint density at radius 2 is 2.18 bits per heavy atom. The molecule has 3 rings (SSSR count). The number of amides is 1. The van der Waals surface area contributed by atoms with Crippen LogP contribution in [0.4, 0.5) is 0 Å². The van der Waals surface area contributed by atoms with Crippen molar-refractivity contribution in [2.45, 2.75) is 50.1 Å². The lowest BCUT2D eigenvalue weighted by atomic mass is 10.1. The predicted molar refractivity (Wildman–Crippen MR) is 89.5 cm³/mol. The average Bonchev–Trinajstić information content (AvgIpc) is 3.18. The molecule has 0 bridgehead atoms. The maximum absolute atomic E-state index is 12.1. The van der Waals surface area contributed by atoms with E-state index in [0.29, 0.717) is 6.04 Å². The summed E-state index contributed by atoms with van der Waals surface area (Å²) in [4.78, 5) is 16.5. The van der Waals surface area contributed by atoms with Gasteiger partial charge in [0.15, 0.2) is 5.16 Å². The highest BCUT2D eigenvalue weighted by Gasteiger charge is 2.26. The van der Waals surface area contributed by atoms with Crippen LogP contribution in [-0.2, 0) is 4.79 Å². The Hall–Kier alpha value is -1.75. The molecule has 0 saturated heterocycles. The maximum Gasteiger partial charge on any atom is 0.233 e. The molecule has 22 heavy (non-hydrogen) atoms. The van der Waals surface area contributed by atoms with E-state index in [4.69, 9.17) is 0 Å². The Bertz CT molecular complexity index is 691. The minimum Gasteiger partial charge on any atom is -0.352 e. The van der Waals surface area contributed by atoms with Crippen LogP contribution in [0.3, 0.4) is 0 Å². The Labute approximate surface area is 135 Å². The predicted octanol–water partition coefficient (Wildman–Crippen LogP) is 3.25. The smallest absolute Gasteiger partial charge is 0.233 e. The van der Waals surface area contributed by atoms with Crippen LogP contribution in [0.15, 0.2) is 35.7 Å². The molecule has 1 aromatic carbocycles. The fourth-order valence-electron chi connectivity index (χ4n) is 2.30. The summed E-state index contributed by atoms with van der Waals surface area (Å²) < 4.78 is 2.06. The summed E-state index contributed by atoms with van der Waals surface area (Å²) in [6.45, 7) is 6.11. The van der Waals surface area contributed by atoms with Gasteiger partial charge in [-0.2, -0.15) is 0 Å². The normalized spacial score (nSPS) is 15.6. The van der Waals surface area contributed by atoms with E-state index in [-0.39, 0.29) is 11.2 Å².